The quantitative estimate of drug-likeness (QED) is 0.616. The topological polar surface area (TPSA) is 69.6 Å². The third-order valence-electron chi connectivity index (χ3n) is 5.61. The molecule has 0 unspecified atom stereocenters. The highest BCUT2D eigenvalue weighted by Gasteiger charge is 2.22. The first-order chi connectivity index (χ1) is 14.9. The molecular formula is C26H32N2O3. The summed E-state index contributed by atoms with van der Waals surface area (Å²) in [4.78, 5) is 27.2. The summed E-state index contributed by atoms with van der Waals surface area (Å²) < 4.78 is 0. The van der Waals surface area contributed by atoms with Gasteiger partial charge in [-0.25, -0.2) is 0 Å². The minimum absolute atomic E-state index is 0.0391. The van der Waals surface area contributed by atoms with Crippen LogP contribution in [0.2, 0.25) is 0 Å². The van der Waals surface area contributed by atoms with Gasteiger partial charge in [0, 0.05) is 25.0 Å². The lowest BCUT2D eigenvalue weighted by molar-refractivity contribution is -0.123. The van der Waals surface area contributed by atoms with E-state index >= 15 is 0 Å². The van der Waals surface area contributed by atoms with Gasteiger partial charge in [-0.1, -0.05) is 54.6 Å². The van der Waals surface area contributed by atoms with Crippen LogP contribution in [-0.2, 0) is 16.1 Å². The zero-order chi connectivity index (χ0) is 22.3. The normalized spacial score (nSPS) is 14.1. The van der Waals surface area contributed by atoms with Crippen LogP contribution in [0.25, 0.3) is 12.2 Å². The number of anilines is 1. The van der Waals surface area contributed by atoms with Crippen molar-refractivity contribution in [3.63, 3.8) is 0 Å². The lowest BCUT2D eigenvalue weighted by atomic mass is 10.00. The van der Waals surface area contributed by atoms with Gasteiger partial charge in [-0.2, -0.15) is 0 Å². The Kier molecular flexibility index (Phi) is 7.64. The molecule has 0 aromatic heterocycles. The molecule has 2 aromatic carbocycles. The first kappa shape index (κ1) is 22.8. The van der Waals surface area contributed by atoms with Gasteiger partial charge in [0.05, 0.1) is 12.2 Å². The van der Waals surface area contributed by atoms with Gasteiger partial charge >= 0.3 is 0 Å². The maximum Gasteiger partial charge on any atom is 0.227 e. The lowest BCUT2D eigenvalue weighted by Gasteiger charge is -2.27. The second-order valence-electron chi connectivity index (χ2n) is 8.68. The van der Waals surface area contributed by atoms with Gasteiger partial charge in [-0.3, -0.25) is 9.59 Å². The standard InChI is InChI=1S/C26H32N2O3/c1-26(2,17-18-29)27-24(30)13-7-8-14-25(31)28-19-22-11-4-3-9-20(22)15-16-21-10-5-6-12-23(21)28/h3-6,9-12,15-16,29H,7-8,13-14,17-19H2,1-2H3,(H,27,30)/b16-15-. The van der Waals surface area contributed by atoms with Crippen LogP contribution in [0.5, 0.6) is 0 Å². The van der Waals surface area contributed by atoms with E-state index in [4.69, 9.17) is 5.11 Å². The monoisotopic (exact) mass is 420 g/mol. The molecule has 0 atom stereocenters. The number of unbranched alkanes of at least 4 members (excludes halogenated alkanes) is 1. The summed E-state index contributed by atoms with van der Waals surface area (Å²) in [6.45, 7) is 4.37. The Bertz CT molecular complexity index is 949. The van der Waals surface area contributed by atoms with Crippen molar-refractivity contribution in [1.29, 1.82) is 0 Å². The van der Waals surface area contributed by atoms with E-state index in [0.29, 0.717) is 38.6 Å². The van der Waals surface area contributed by atoms with Gasteiger partial charge in [-0.15, -0.1) is 0 Å². The summed E-state index contributed by atoms with van der Waals surface area (Å²) in [6.07, 6.45) is 6.76. The van der Waals surface area contributed by atoms with E-state index in [1.54, 1.807) is 0 Å². The molecule has 5 nitrogen and oxygen atoms in total. The van der Waals surface area contributed by atoms with Gasteiger partial charge < -0.3 is 15.3 Å². The number of amides is 2. The first-order valence-corrected chi connectivity index (χ1v) is 11.0. The van der Waals surface area contributed by atoms with Crippen molar-refractivity contribution in [2.24, 2.45) is 0 Å². The van der Waals surface area contributed by atoms with Gasteiger partial charge in [0.2, 0.25) is 11.8 Å². The van der Waals surface area contributed by atoms with E-state index in [9.17, 15) is 9.59 Å². The first-order valence-electron chi connectivity index (χ1n) is 11.0. The summed E-state index contributed by atoms with van der Waals surface area (Å²) >= 11 is 0. The fraction of sp³-hybridized carbons (Fsp3) is 0.385. The fourth-order valence-electron chi connectivity index (χ4n) is 3.85. The molecule has 5 heteroatoms. The predicted octanol–water partition coefficient (Wildman–Crippen LogP) is 4.54. The Morgan fingerprint density at radius 1 is 0.968 bits per heavy atom. The lowest BCUT2D eigenvalue weighted by Crippen LogP contribution is -2.43. The zero-order valence-electron chi connectivity index (χ0n) is 18.4. The smallest absolute Gasteiger partial charge is 0.227 e. The molecule has 0 bridgehead atoms. The third-order valence-corrected chi connectivity index (χ3v) is 5.61. The number of rotatable bonds is 8. The Hall–Kier alpha value is -2.92. The molecule has 0 spiro atoms. The predicted molar refractivity (Wildman–Crippen MR) is 125 cm³/mol. The number of aliphatic hydroxyl groups is 1. The van der Waals surface area contributed by atoms with Gasteiger partial charge in [0.15, 0.2) is 0 Å². The van der Waals surface area contributed by atoms with E-state index in [0.717, 1.165) is 22.4 Å². The molecule has 0 saturated heterocycles. The highest BCUT2D eigenvalue weighted by Crippen LogP contribution is 2.29. The molecule has 0 fully saturated rings. The number of carbonyl (C=O) groups excluding carboxylic acids is 2. The van der Waals surface area contributed by atoms with Crippen LogP contribution in [0.15, 0.2) is 48.5 Å². The fourth-order valence-corrected chi connectivity index (χ4v) is 3.85. The molecule has 2 aromatic rings. The van der Waals surface area contributed by atoms with E-state index < -0.39 is 5.54 Å². The van der Waals surface area contributed by atoms with Crippen molar-refractivity contribution in [1.82, 2.24) is 5.32 Å². The third kappa shape index (κ3) is 6.28. The summed E-state index contributed by atoms with van der Waals surface area (Å²) in [5.41, 5.74) is 3.76. The maximum atomic E-state index is 13.2. The average Bonchev–Trinajstić information content (AvgIpc) is 2.72. The highest BCUT2D eigenvalue weighted by atomic mass is 16.3. The average molecular weight is 421 g/mol. The molecule has 2 amide bonds. The molecule has 0 saturated carbocycles. The molecule has 1 heterocycles. The largest absolute Gasteiger partial charge is 0.396 e. The van der Waals surface area contributed by atoms with Crippen molar-refractivity contribution >= 4 is 29.7 Å². The van der Waals surface area contributed by atoms with Crippen LogP contribution >= 0.6 is 0 Å². The number of hydrogen-bond donors (Lipinski definition) is 2. The van der Waals surface area contributed by atoms with Crippen LogP contribution in [0.3, 0.4) is 0 Å². The molecule has 2 N–H and O–H groups in total. The van der Waals surface area contributed by atoms with Crippen LogP contribution < -0.4 is 10.2 Å². The molecule has 1 aliphatic heterocycles. The molecule has 0 aliphatic carbocycles. The van der Waals surface area contributed by atoms with Crippen molar-refractivity contribution in [3.05, 3.63) is 65.2 Å². The summed E-state index contributed by atoms with van der Waals surface area (Å²) in [6, 6.07) is 16.1. The second kappa shape index (κ2) is 10.4. The van der Waals surface area contributed by atoms with Gasteiger partial charge in [-0.05, 0) is 55.9 Å². The molecule has 1 aliphatic rings. The number of benzene rings is 2. The molecular weight excluding hydrogens is 388 g/mol. The Labute approximate surface area is 184 Å². The maximum absolute atomic E-state index is 13.2. The van der Waals surface area contributed by atoms with Crippen LogP contribution in [0, 0.1) is 0 Å². The van der Waals surface area contributed by atoms with Crippen molar-refractivity contribution in [2.45, 2.75) is 58.0 Å². The summed E-state index contributed by atoms with van der Waals surface area (Å²) in [5, 5.41) is 12.0. The number of aliphatic hydroxyl groups excluding tert-OH is 1. The number of nitrogens with zero attached hydrogens (tertiary/aromatic N) is 1. The van der Waals surface area contributed by atoms with Crippen molar-refractivity contribution < 1.29 is 14.7 Å². The van der Waals surface area contributed by atoms with Gasteiger partial charge in [0.1, 0.15) is 0 Å². The van der Waals surface area contributed by atoms with Crippen LogP contribution in [0.1, 0.15) is 62.6 Å². The number of fused-ring (bicyclic) bond motifs is 2. The van der Waals surface area contributed by atoms with Crippen LogP contribution in [0.4, 0.5) is 5.69 Å². The molecule has 164 valence electrons. The van der Waals surface area contributed by atoms with Gasteiger partial charge in [0.25, 0.3) is 0 Å². The minimum atomic E-state index is -0.420. The van der Waals surface area contributed by atoms with E-state index in [-0.39, 0.29) is 18.4 Å². The van der Waals surface area contributed by atoms with E-state index in [1.807, 2.05) is 55.1 Å². The van der Waals surface area contributed by atoms with Crippen LogP contribution in [-0.4, -0.2) is 29.1 Å². The second-order valence-corrected chi connectivity index (χ2v) is 8.68. The van der Waals surface area contributed by atoms with E-state index in [2.05, 4.69) is 29.6 Å². The number of hydrogen-bond acceptors (Lipinski definition) is 3. The Morgan fingerprint density at radius 3 is 2.39 bits per heavy atom. The molecule has 0 radical (unpaired) electrons. The minimum Gasteiger partial charge on any atom is -0.396 e. The number of carbonyl (C=O) groups is 2. The van der Waals surface area contributed by atoms with E-state index in [1.165, 1.54) is 0 Å². The number of nitrogens with one attached hydrogen (secondary N) is 1. The highest BCUT2D eigenvalue weighted by molar-refractivity contribution is 5.97. The van der Waals surface area contributed by atoms with Crippen molar-refractivity contribution in [3.8, 4) is 0 Å². The zero-order valence-corrected chi connectivity index (χ0v) is 18.4. The Balaban J connectivity index is 1.62. The molecule has 31 heavy (non-hydrogen) atoms. The SMILES string of the molecule is CC(C)(CCO)NC(=O)CCCCC(=O)N1Cc2ccccc2/C=C\c2ccccc21. The number of para-hydroxylation sites is 1. The summed E-state index contributed by atoms with van der Waals surface area (Å²) in [5.74, 6) is 0.0279. The van der Waals surface area contributed by atoms with Crippen molar-refractivity contribution in [2.75, 3.05) is 11.5 Å². The molecule has 3 rings (SSSR count). The summed E-state index contributed by atoms with van der Waals surface area (Å²) in [7, 11) is 0. The Morgan fingerprint density at radius 2 is 1.61 bits per heavy atom.